The van der Waals surface area contributed by atoms with Crippen LogP contribution in [0.1, 0.15) is 60.3 Å². The van der Waals surface area contributed by atoms with Gasteiger partial charge in [-0.2, -0.15) is 0 Å². The minimum atomic E-state index is 0.648. The van der Waals surface area contributed by atoms with Crippen molar-refractivity contribution in [3.05, 3.63) is 0 Å². The van der Waals surface area contributed by atoms with Crippen LogP contribution in [0.15, 0.2) is 0 Å². The Hall–Kier alpha value is -0.0800. The summed E-state index contributed by atoms with van der Waals surface area (Å²) < 4.78 is 0. The fourth-order valence-corrected chi connectivity index (χ4v) is 2.66. The predicted octanol–water partition coefficient (Wildman–Crippen LogP) is 3.27. The largest absolute Gasteiger partial charge is 0.314 e. The van der Waals surface area contributed by atoms with Crippen LogP contribution in [0.3, 0.4) is 0 Å². The maximum atomic E-state index is 3.53. The van der Waals surface area contributed by atoms with Crippen molar-refractivity contribution in [3.8, 4) is 0 Å². The van der Waals surface area contributed by atoms with E-state index in [4.69, 9.17) is 0 Å². The van der Waals surface area contributed by atoms with E-state index >= 15 is 0 Å². The Balaban J connectivity index is 2.34. The van der Waals surface area contributed by atoms with Crippen LogP contribution in [0.4, 0.5) is 0 Å². The highest BCUT2D eigenvalue weighted by molar-refractivity contribution is 4.88. The van der Waals surface area contributed by atoms with Crippen molar-refractivity contribution in [1.82, 2.24) is 10.2 Å². The first-order valence-electron chi connectivity index (χ1n) is 7.53. The molecule has 2 unspecified atom stereocenters. The third-order valence-electron chi connectivity index (χ3n) is 3.79. The third-order valence-corrected chi connectivity index (χ3v) is 3.79. The second-order valence-electron chi connectivity index (χ2n) is 6.19. The van der Waals surface area contributed by atoms with Crippen molar-refractivity contribution in [3.63, 3.8) is 0 Å². The van der Waals surface area contributed by atoms with Crippen LogP contribution in [0.2, 0.25) is 0 Å². The van der Waals surface area contributed by atoms with Crippen LogP contribution >= 0.6 is 0 Å². The van der Waals surface area contributed by atoms with Crippen LogP contribution < -0.4 is 5.32 Å². The van der Waals surface area contributed by atoms with Crippen LogP contribution in [0.5, 0.6) is 0 Å². The molecule has 1 aliphatic rings. The standard InChI is InChI=1S/C15H32N2/c1-6-16-13(4)11-14(5)17(15-7-8-15)10-9-12(2)3/h12-16H,6-11H2,1-5H3. The summed E-state index contributed by atoms with van der Waals surface area (Å²) in [6.45, 7) is 14.0. The average molecular weight is 240 g/mol. The van der Waals surface area contributed by atoms with Gasteiger partial charge in [-0.15, -0.1) is 0 Å². The Morgan fingerprint density at radius 1 is 1.18 bits per heavy atom. The first-order valence-corrected chi connectivity index (χ1v) is 7.53. The lowest BCUT2D eigenvalue weighted by Gasteiger charge is -2.31. The van der Waals surface area contributed by atoms with E-state index in [1.807, 2.05) is 0 Å². The van der Waals surface area contributed by atoms with Gasteiger partial charge < -0.3 is 5.32 Å². The molecule has 0 aromatic rings. The van der Waals surface area contributed by atoms with Gasteiger partial charge in [-0.25, -0.2) is 0 Å². The number of rotatable bonds is 9. The molecular formula is C15H32N2. The Kier molecular flexibility index (Phi) is 6.50. The quantitative estimate of drug-likeness (QED) is 0.665. The molecule has 2 heteroatoms. The molecular weight excluding hydrogens is 208 g/mol. The SMILES string of the molecule is CCNC(C)CC(C)N(CCC(C)C)C1CC1. The zero-order valence-electron chi connectivity index (χ0n) is 12.5. The summed E-state index contributed by atoms with van der Waals surface area (Å²) in [6, 6.07) is 2.28. The van der Waals surface area contributed by atoms with Crippen molar-refractivity contribution in [2.75, 3.05) is 13.1 Å². The second-order valence-corrected chi connectivity index (χ2v) is 6.19. The fraction of sp³-hybridized carbons (Fsp3) is 1.00. The highest BCUT2D eigenvalue weighted by Crippen LogP contribution is 2.30. The molecule has 102 valence electrons. The van der Waals surface area contributed by atoms with Crippen molar-refractivity contribution in [2.24, 2.45) is 5.92 Å². The monoisotopic (exact) mass is 240 g/mol. The van der Waals surface area contributed by atoms with E-state index in [1.165, 1.54) is 32.2 Å². The van der Waals surface area contributed by atoms with E-state index in [0.29, 0.717) is 6.04 Å². The van der Waals surface area contributed by atoms with Crippen LogP contribution in [-0.4, -0.2) is 36.1 Å². The topological polar surface area (TPSA) is 15.3 Å². The van der Waals surface area contributed by atoms with Gasteiger partial charge in [-0.05, 0) is 58.5 Å². The van der Waals surface area contributed by atoms with Gasteiger partial charge in [0.1, 0.15) is 0 Å². The summed E-state index contributed by atoms with van der Waals surface area (Å²) in [6.07, 6.45) is 5.48. The van der Waals surface area contributed by atoms with Crippen molar-refractivity contribution < 1.29 is 0 Å². The fourth-order valence-electron chi connectivity index (χ4n) is 2.66. The third kappa shape index (κ3) is 5.87. The van der Waals surface area contributed by atoms with Crippen molar-refractivity contribution in [2.45, 2.75) is 78.4 Å². The molecule has 1 fully saturated rings. The maximum absolute atomic E-state index is 3.53. The molecule has 0 saturated heterocycles. The first kappa shape index (κ1) is 15.0. The molecule has 1 N–H and O–H groups in total. The summed E-state index contributed by atoms with van der Waals surface area (Å²) in [5, 5.41) is 3.53. The molecule has 2 nitrogen and oxygen atoms in total. The zero-order chi connectivity index (χ0) is 12.8. The van der Waals surface area contributed by atoms with Gasteiger partial charge >= 0.3 is 0 Å². The van der Waals surface area contributed by atoms with Gasteiger partial charge in [0.25, 0.3) is 0 Å². The summed E-state index contributed by atoms with van der Waals surface area (Å²) in [4.78, 5) is 2.76. The minimum absolute atomic E-state index is 0.648. The lowest BCUT2D eigenvalue weighted by molar-refractivity contribution is 0.170. The number of nitrogens with one attached hydrogen (secondary N) is 1. The molecule has 0 bridgehead atoms. The van der Waals surface area contributed by atoms with E-state index in [9.17, 15) is 0 Å². The normalized spacial score (nSPS) is 19.9. The molecule has 0 spiro atoms. The van der Waals surface area contributed by atoms with Gasteiger partial charge in [0, 0.05) is 18.1 Å². The number of hydrogen-bond donors (Lipinski definition) is 1. The molecule has 0 aliphatic heterocycles. The Morgan fingerprint density at radius 2 is 1.82 bits per heavy atom. The van der Waals surface area contributed by atoms with Crippen molar-refractivity contribution >= 4 is 0 Å². The Morgan fingerprint density at radius 3 is 2.29 bits per heavy atom. The number of nitrogens with zero attached hydrogens (tertiary/aromatic N) is 1. The van der Waals surface area contributed by atoms with E-state index in [2.05, 4.69) is 44.8 Å². The van der Waals surface area contributed by atoms with Crippen LogP contribution in [-0.2, 0) is 0 Å². The molecule has 0 aromatic heterocycles. The molecule has 0 radical (unpaired) electrons. The van der Waals surface area contributed by atoms with Gasteiger partial charge in [0.15, 0.2) is 0 Å². The minimum Gasteiger partial charge on any atom is -0.314 e. The molecule has 2 atom stereocenters. The van der Waals surface area contributed by atoms with Gasteiger partial charge in [0.2, 0.25) is 0 Å². The maximum Gasteiger partial charge on any atom is 0.00992 e. The van der Waals surface area contributed by atoms with E-state index in [0.717, 1.165) is 24.5 Å². The van der Waals surface area contributed by atoms with Crippen LogP contribution in [0.25, 0.3) is 0 Å². The summed E-state index contributed by atoms with van der Waals surface area (Å²) in [7, 11) is 0. The first-order chi connectivity index (χ1) is 8.04. The van der Waals surface area contributed by atoms with Gasteiger partial charge in [-0.3, -0.25) is 4.90 Å². The molecule has 1 saturated carbocycles. The lowest BCUT2D eigenvalue weighted by atomic mass is 10.1. The second kappa shape index (κ2) is 7.38. The number of hydrogen-bond acceptors (Lipinski definition) is 2. The average Bonchev–Trinajstić information content (AvgIpc) is 3.01. The molecule has 0 aromatic carbocycles. The molecule has 1 aliphatic carbocycles. The zero-order valence-corrected chi connectivity index (χ0v) is 12.5. The summed E-state index contributed by atoms with van der Waals surface area (Å²) in [5.74, 6) is 0.828. The van der Waals surface area contributed by atoms with Gasteiger partial charge in [-0.1, -0.05) is 20.8 Å². The van der Waals surface area contributed by atoms with E-state index in [1.54, 1.807) is 0 Å². The lowest BCUT2D eigenvalue weighted by Crippen LogP contribution is -2.40. The Bertz CT molecular complexity index is 199. The van der Waals surface area contributed by atoms with Crippen molar-refractivity contribution in [1.29, 1.82) is 0 Å². The molecule has 0 heterocycles. The van der Waals surface area contributed by atoms with Crippen LogP contribution in [0, 0.1) is 5.92 Å². The Labute approximate surface area is 108 Å². The summed E-state index contributed by atoms with van der Waals surface area (Å²) >= 11 is 0. The molecule has 0 amide bonds. The highest BCUT2D eigenvalue weighted by Gasteiger charge is 2.32. The van der Waals surface area contributed by atoms with Gasteiger partial charge in [0.05, 0.1) is 0 Å². The highest BCUT2D eigenvalue weighted by atomic mass is 15.2. The molecule has 1 rings (SSSR count). The predicted molar refractivity (Wildman–Crippen MR) is 76.4 cm³/mol. The van der Waals surface area contributed by atoms with E-state index in [-0.39, 0.29) is 0 Å². The smallest absolute Gasteiger partial charge is 0.00992 e. The molecule has 17 heavy (non-hydrogen) atoms. The summed E-state index contributed by atoms with van der Waals surface area (Å²) in [5.41, 5.74) is 0. The van der Waals surface area contributed by atoms with E-state index < -0.39 is 0 Å².